The first-order chi connectivity index (χ1) is 15.7. The fourth-order valence-corrected chi connectivity index (χ4v) is 4.38. The van der Waals surface area contributed by atoms with Crippen LogP contribution in [0.3, 0.4) is 0 Å². The molecule has 0 aliphatic carbocycles. The lowest BCUT2D eigenvalue weighted by molar-refractivity contribution is -0.277. The highest BCUT2D eigenvalue weighted by Gasteiger charge is 2.45. The second-order valence-corrected chi connectivity index (χ2v) is 10.2. The number of unbranched alkanes of at least 4 members (excludes halogenated alkanes) is 11. The van der Waals surface area contributed by atoms with Crippen molar-refractivity contribution in [2.24, 2.45) is 0 Å². The van der Waals surface area contributed by atoms with E-state index < -0.39 is 36.2 Å². The summed E-state index contributed by atoms with van der Waals surface area (Å²) in [7, 11) is 1.50. The van der Waals surface area contributed by atoms with Crippen LogP contribution in [0.4, 0.5) is 0 Å². The molecule has 0 aromatic heterocycles. The minimum Gasteiger partial charge on any atom is -0.390 e. The van der Waals surface area contributed by atoms with Crippen LogP contribution >= 0.6 is 0 Å². The third-order valence-electron chi connectivity index (χ3n) is 6.30. The zero-order valence-corrected chi connectivity index (χ0v) is 21.8. The number of hydrogen-bond donors (Lipinski definition) is 3. The smallest absolute Gasteiger partial charge is 0.223 e. The Hall–Kier alpha value is -0.730. The lowest BCUT2D eigenvalue weighted by Gasteiger charge is -2.43. The maximum absolute atomic E-state index is 12.2. The Balaban J connectivity index is 2.22. The van der Waals surface area contributed by atoms with Gasteiger partial charge in [0.15, 0.2) is 6.29 Å². The van der Waals surface area contributed by atoms with Crippen molar-refractivity contribution < 1.29 is 29.2 Å². The van der Waals surface area contributed by atoms with Crippen molar-refractivity contribution in [1.82, 2.24) is 5.32 Å². The van der Waals surface area contributed by atoms with Crippen LogP contribution in [0.2, 0.25) is 0 Å². The average Bonchev–Trinajstić information content (AvgIpc) is 2.73. The number of amides is 1. The Labute approximate surface area is 201 Å². The molecule has 0 radical (unpaired) electrons. The predicted molar refractivity (Wildman–Crippen MR) is 131 cm³/mol. The molecule has 7 heteroatoms. The Bertz CT molecular complexity index is 510. The molecule has 1 heterocycles. The fourth-order valence-electron chi connectivity index (χ4n) is 4.38. The van der Waals surface area contributed by atoms with Gasteiger partial charge < -0.3 is 29.7 Å². The van der Waals surface area contributed by atoms with Crippen LogP contribution in [0, 0.1) is 0 Å². The number of methoxy groups -OCH3 is 1. The number of carbonyl (C=O) groups is 1. The molecule has 1 saturated heterocycles. The molecule has 7 nitrogen and oxygen atoms in total. The molecule has 3 N–H and O–H groups in total. The summed E-state index contributed by atoms with van der Waals surface area (Å²) < 4.78 is 17.3. The van der Waals surface area contributed by atoms with Crippen LogP contribution in [0.25, 0.3) is 0 Å². The second-order valence-electron chi connectivity index (χ2n) is 10.2. The lowest BCUT2D eigenvalue weighted by atomic mass is 9.95. The molecule has 0 unspecified atom stereocenters. The molecular weight excluding hydrogens is 422 g/mol. The van der Waals surface area contributed by atoms with Gasteiger partial charge in [-0.2, -0.15) is 0 Å². The van der Waals surface area contributed by atoms with Crippen LogP contribution < -0.4 is 5.32 Å². The van der Waals surface area contributed by atoms with Crippen molar-refractivity contribution >= 4 is 5.91 Å². The van der Waals surface area contributed by atoms with Gasteiger partial charge in [0.2, 0.25) is 5.91 Å². The van der Waals surface area contributed by atoms with E-state index in [1.807, 2.05) is 0 Å². The van der Waals surface area contributed by atoms with Crippen LogP contribution in [-0.2, 0) is 19.0 Å². The summed E-state index contributed by atoms with van der Waals surface area (Å²) >= 11 is 0. The summed E-state index contributed by atoms with van der Waals surface area (Å²) in [5, 5.41) is 23.4. The van der Waals surface area contributed by atoms with E-state index in [9.17, 15) is 15.0 Å². The Morgan fingerprint density at radius 2 is 1.48 bits per heavy atom. The quantitative estimate of drug-likeness (QED) is 0.254. The Morgan fingerprint density at radius 1 is 0.970 bits per heavy atom. The number of ether oxygens (including phenoxy) is 3. The van der Waals surface area contributed by atoms with E-state index in [0.717, 1.165) is 12.8 Å². The molecule has 0 spiro atoms. The summed E-state index contributed by atoms with van der Waals surface area (Å²) in [6.45, 7) is 7.75. The standard InChI is InChI=1S/C26H51NO6/c1-6-7-8-9-10-11-12-13-14-15-16-17-18-32-25-24(31-5)23(29)22(20(2)33-25)27-21(28)19-26(3,4)30/h20,22-25,29-30H,6-19H2,1-5H3,(H,27,28)/t20-,22-,23+,24-,25-/m1/s1. The highest BCUT2D eigenvalue weighted by Crippen LogP contribution is 2.25. The fraction of sp³-hybridized carbons (Fsp3) is 0.962. The summed E-state index contributed by atoms with van der Waals surface area (Å²) in [6, 6.07) is -0.628. The van der Waals surface area contributed by atoms with Crippen molar-refractivity contribution in [3.63, 3.8) is 0 Å². The van der Waals surface area contributed by atoms with Gasteiger partial charge >= 0.3 is 0 Å². The molecule has 1 aliphatic heterocycles. The highest BCUT2D eigenvalue weighted by atomic mass is 16.7. The zero-order valence-electron chi connectivity index (χ0n) is 21.8. The first-order valence-electron chi connectivity index (χ1n) is 13.2. The van der Waals surface area contributed by atoms with Crippen molar-refractivity contribution in [3.8, 4) is 0 Å². The van der Waals surface area contributed by atoms with E-state index in [4.69, 9.17) is 14.2 Å². The molecule has 1 amide bonds. The minimum absolute atomic E-state index is 0.0561. The van der Waals surface area contributed by atoms with Crippen LogP contribution in [0.15, 0.2) is 0 Å². The van der Waals surface area contributed by atoms with Gasteiger partial charge in [0.25, 0.3) is 0 Å². The third-order valence-corrected chi connectivity index (χ3v) is 6.30. The van der Waals surface area contributed by atoms with E-state index in [-0.39, 0.29) is 12.3 Å². The van der Waals surface area contributed by atoms with Gasteiger partial charge in [0.05, 0.1) is 24.2 Å². The lowest BCUT2D eigenvalue weighted by Crippen LogP contribution is -2.64. The van der Waals surface area contributed by atoms with Crippen LogP contribution in [-0.4, -0.2) is 66.1 Å². The van der Waals surface area contributed by atoms with Crippen LogP contribution in [0.5, 0.6) is 0 Å². The monoisotopic (exact) mass is 473 g/mol. The summed E-state index contributed by atoms with van der Waals surface area (Å²) in [6.07, 6.45) is 12.6. The van der Waals surface area contributed by atoms with Crippen molar-refractivity contribution in [2.45, 2.75) is 147 Å². The number of aliphatic hydroxyl groups excluding tert-OH is 1. The first-order valence-corrected chi connectivity index (χ1v) is 13.2. The maximum Gasteiger partial charge on any atom is 0.223 e. The van der Waals surface area contributed by atoms with Gasteiger partial charge in [-0.1, -0.05) is 77.6 Å². The number of carbonyl (C=O) groups excluding carboxylic acids is 1. The van der Waals surface area contributed by atoms with Gasteiger partial charge in [0.1, 0.15) is 12.2 Å². The van der Waals surface area contributed by atoms with Gasteiger partial charge in [-0.15, -0.1) is 0 Å². The normalized spacial score (nSPS) is 25.8. The van der Waals surface area contributed by atoms with E-state index in [1.54, 1.807) is 20.8 Å². The summed E-state index contributed by atoms with van der Waals surface area (Å²) in [4.78, 5) is 12.2. The molecule has 5 atom stereocenters. The van der Waals surface area contributed by atoms with Crippen molar-refractivity contribution in [3.05, 3.63) is 0 Å². The highest BCUT2D eigenvalue weighted by molar-refractivity contribution is 5.77. The molecule has 0 saturated carbocycles. The average molecular weight is 474 g/mol. The number of aliphatic hydroxyl groups is 2. The molecule has 1 rings (SSSR count). The van der Waals surface area contributed by atoms with Gasteiger partial charge in [-0.3, -0.25) is 4.79 Å². The zero-order chi connectivity index (χ0) is 24.7. The van der Waals surface area contributed by atoms with Gasteiger partial charge in [0, 0.05) is 13.7 Å². The molecule has 1 fully saturated rings. The first kappa shape index (κ1) is 30.3. The van der Waals surface area contributed by atoms with E-state index >= 15 is 0 Å². The number of rotatable bonds is 18. The third kappa shape index (κ3) is 13.1. The van der Waals surface area contributed by atoms with Crippen LogP contribution in [0.1, 0.15) is 111 Å². The minimum atomic E-state index is -1.12. The second kappa shape index (κ2) is 16.8. The van der Waals surface area contributed by atoms with E-state index in [1.165, 1.54) is 71.3 Å². The predicted octanol–water partition coefficient (Wildman–Crippen LogP) is 4.47. The van der Waals surface area contributed by atoms with E-state index in [2.05, 4.69) is 12.2 Å². The van der Waals surface area contributed by atoms with Crippen molar-refractivity contribution in [2.75, 3.05) is 13.7 Å². The summed E-state index contributed by atoms with van der Waals surface area (Å²) in [5.41, 5.74) is -1.12. The SMILES string of the molecule is CCCCCCCCCCCCCCO[C@@H]1O[C@H](C)[C@@H](NC(=O)CC(C)(C)O)[C@H](O)[C@H]1OC. The molecule has 196 valence electrons. The Kier molecular flexibility index (Phi) is 15.4. The molecule has 0 aromatic carbocycles. The van der Waals surface area contributed by atoms with Crippen molar-refractivity contribution in [1.29, 1.82) is 0 Å². The molecule has 0 aromatic rings. The largest absolute Gasteiger partial charge is 0.390 e. The number of nitrogens with one attached hydrogen (secondary N) is 1. The molecule has 0 bridgehead atoms. The van der Waals surface area contributed by atoms with Gasteiger partial charge in [-0.25, -0.2) is 0 Å². The maximum atomic E-state index is 12.2. The Morgan fingerprint density at radius 3 is 1.97 bits per heavy atom. The number of hydrogen-bond acceptors (Lipinski definition) is 6. The molecule has 33 heavy (non-hydrogen) atoms. The van der Waals surface area contributed by atoms with E-state index in [0.29, 0.717) is 6.61 Å². The topological polar surface area (TPSA) is 97.3 Å². The molecule has 1 aliphatic rings. The van der Waals surface area contributed by atoms with Gasteiger partial charge in [-0.05, 0) is 27.2 Å². The molecular formula is C26H51NO6. The summed E-state index contributed by atoms with van der Waals surface area (Å²) in [5.74, 6) is -0.340.